The molecule has 0 N–H and O–H groups in total. The molecule has 4 nitrogen and oxygen atoms in total. The summed E-state index contributed by atoms with van der Waals surface area (Å²) in [4.78, 5) is 0. The van der Waals surface area contributed by atoms with Crippen molar-refractivity contribution in [3.8, 4) is 16.8 Å². The number of aromatic nitrogens is 4. The van der Waals surface area contributed by atoms with Crippen molar-refractivity contribution in [1.82, 2.24) is 19.6 Å². The van der Waals surface area contributed by atoms with E-state index in [4.69, 9.17) is 0 Å². The third kappa shape index (κ3) is 2.86. The van der Waals surface area contributed by atoms with Gasteiger partial charge in [0.1, 0.15) is 0 Å². The highest BCUT2D eigenvalue weighted by Crippen LogP contribution is 2.20. The van der Waals surface area contributed by atoms with E-state index in [0.717, 1.165) is 23.4 Å². The van der Waals surface area contributed by atoms with E-state index < -0.39 is 0 Å². The average molecular weight is 314 g/mol. The van der Waals surface area contributed by atoms with Crippen LogP contribution in [0.15, 0.2) is 79.4 Å². The number of hydrogen-bond donors (Lipinski definition) is 0. The van der Waals surface area contributed by atoms with Crippen molar-refractivity contribution in [3.63, 3.8) is 0 Å². The third-order valence-corrected chi connectivity index (χ3v) is 4.16. The fraction of sp³-hybridized carbons (Fsp3) is 0.100. The topological polar surface area (TPSA) is 35.6 Å². The van der Waals surface area contributed by atoms with Crippen molar-refractivity contribution < 1.29 is 0 Å². The Kier molecular flexibility index (Phi) is 3.71. The summed E-state index contributed by atoms with van der Waals surface area (Å²) >= 11 is 0. The van der Waals surface area contributed by atoms with Crippen molar-refractivity contribution in [2.75, 3.05) is 0 Å². The van der Waals surface area contributed by atoms with Gasteiger partial charge in [0, 0.05) is 23.5 Å². The van der Waals surface area contributed by atoms with E-state index in [2.05, 4.69) is 47.6 Å². The highest BCUT2D eigenvalue weighted by atomic mass is 15.3. The lowest BCUT2D eigenvalue weighted by molar-refractivity contribution is 0.684. The maximum absolute atomic E-state index is 4.49. The van der Waals surface area contributed by atoms with Gasteiger partial charge in [-0.05, 0) is 30.2 Å². The molecular formula is C20H18N4. The first-order chi connectivity index (χ1) is 11.8. The van der Waals surface area contributed by atoms with Crippen LogP contribution in [0.25, 0.3) is 16.8 Å². The maximum Gasteiger partial charge on any atom is 0.0662 e. The fourth-order valence-electron chi connectivity index (χ4n) is 2.75. The van der Waals surface area contributed by atoms with Crippen LogP contribution < -0.4 is 0 Å². The van der Waals surface area contributed by atoms with Crippen LogP contribution >= 0.6 is 0 Å². The summed E-state index contributed by atoms with van der Waals surface area (Å²) in [5, 5.41) is 8.94. The van der Waals surface area contributed by atoms with Crippen LogP contribution in [-0.4, -0.2) is 19.6 Å². The van der Waals surface area contributed by atoms with E-state index in [-0.39, 0.29) is 0 Å². The van der Waals surface area contributed by atoms with E-state index in [0.29, 0.717) is 0 Å². The van der Waals surface area contributed by atoms with E-state index in [9.17, 15) is 0 Å². The van der Waals surface area contributed by atoms with Crippen LogP contribution in [-0.2, 0) is 6.54 Å². The molecule has 0 saturated heterocycles. The zero-order valence-electron chi connectivity index (χ0n) is 13.5. The van der Waals surface area contributed by atoms with Crippen LogP contribution in [0.2, 0.25) is 0 Å². The van der Waals surface area contributed by atoms with Gasteiger partial charge in [-0.15, -0.1) is 0 Å². The Bertz CT molecular complexity index is 950. The summed E-state index contributed by atoms with van der Waals surface area (Å²) in [6.45, 7) is 2.91. The fourth-order valence-corrected chi connectivity index (χ4v) is 2.75. The standard InChI is InChI=1S/C20H18N4/c1-16-7-5-6-8-17(16)13-23-14-18(11-21-23)19-12-22-24(15-19)20-9-3-2-4-10-20/h2-12,14-15H,13H2,1H3. The Morgan fingerprint density at radius 3 is 2.33 bits per heavy atom. The van der Waals surface area contributed by atoms with Crippen LogP contribution in [0.5, 0.6) is 0 Å². The molecule has 0 unspecified atom stereocenters. The second-order valence-corrected chi connectivity index (χ2v) is 5.86. The minimum atomic E-state index is 0.777. The van der Waals surface area contributed by atoms with Gasteiger partial charge in [0.2, 0.25) is 0 Å². The SMILES string of the molecule is Cc1ccccc1Cn1cc(-c2cnn(-c3ccccc3)c2)cn1. The lowest BCUT2D eigenvalue weighted by Gasteiger charge is -2.05. The van der Waals surface area contributed by atoms with Gasteiger partial charge >= 0.3 is 0 Å². The van der Waals surface area contributed by atoms with Gasteiger partial charge in [0.05, 0.1) is 24.6 Å². The van der Waals surface area contributed by atoms with E-state index in [1.807, 2.05) is 58.3 Å². The van der Waals surface area contributed by atoms with Crippen molar-refractivity contribution in [2.24, 2.45) is 0 Å². The minimum absolute atomic E-state index is 0.777. The number of rotatable bonds is 4. The predicted octanol–water partition coefficient (Wildman–Crippen LogP) is 4.09. The molecule has 4 heteroatoms. The lowest BCUT2D eigenvalue weighted by Crippen LogP contribution is -2.01. The Balaban J connectivity index is 1.57. The molecule has 4 rings (SSSR count). The number of aryl methyl sites for hydroxylation is 1. The lowest BCUT2D eigenvalue weighted by atomic mass is 10.1. The molecule has 0 atom stereocenters. The van der Waals surface area contributed by atoms with Crippen molar-refractivity contribution in [2.45, 2.75) is 13.5 Å². The van der Waals surface area contributed by atoms with Crippen LogP contribution in [0.4, 0.5) is 0 Å². The van der Waals surface area contributed by atoms with E-state index >= 15 is 0 Å². The minimum Gasteiger partial charge on any atom is -0.268 e. The van der Waals surface area contributed by atoms with Crippen molar-refractivity contribution >= 4 is 0 Å². The van der Waals surface area contributed by atoms with Crippen LogP contribution in [0, 0.1) is 6.92 Å². The average Bonchev–Trinajstić information content (AvgIpc) is 3.27. The largest absolute Gasteiger partial charge is 0.268 e. The van der Waals surface area contributed by atoms with Gasteiger partial charge in [-0.2, -0.15) is 10.2 Å². The van der Waals surface area contributed by atoms with Crippen LogP contribution in [0.3, 0.4) is 0 Å². The van der Waals surface area contributed by atoms with Gasteiger partial charge in [-0.1, -0.05) is 42.5 Å². The van der Waals surface area contributed by atoms with Crippen molar-refractivity contribution in [1.29, 1.82) is 0 Å². The number of nitrogens with zero attached hydrogens (tertiary/aromatic N) is 4. The van der Waals surface area contributed by atoms with Gasteiger partial charge in [0.25, 0.3) is 0 Å². The Hall–Kier alpha value is -3.14. The molecule has 2 aromatic carbocycles. The maximum atomic E-state index is 4.49. The molecule has 0 spiro atoms. The van der Waals surface area contributed by atoms with Gasteiger partial charge in [0.15, 0.2) is 0 Å². The molecule has 2 heterocycles. The Morgan fingerprint density at radius 1 is 0.792 bits per heavy atom. The molecule has 4 aromatic rings. The highest BCUT2D eigenvalue weighted by molar-refractivity contribution is 5.60. The molecule has 0 bridgehead atoms. The quantitative estimate of drug-likeness (QED) is 0.569. The molecule has 0 amide bonds. The summed E-state index contributed by atoms with van der Waals surface area (Å²) in [7, 11) is 0. The molecule has 0 aliphatic carbocycles. The molecule has 24 heavy (non-hydrogen) atoms. The first-order valence-electron chi connectivity index (χ1n) is 7.97. The number of para-hydroxylation sites is 1. The second kappa shape index (κ2) is 6.16. The third-order valence-electron chi connectivity index (χ3n) is 4.16. The summed E-state index contributed by atoms with van der Waals surface area (Å²) in [6.07, 6.45) is 7.87. The summed E-state index contributed by atoms with van der Waals surface area (Å²) < 4.78 is 3.85. The smallest absolute Gasteiger partial charge is 0.0662 e. The summed E-state index contributed by atoms with van der Waals surface area (Å²) in [6, 6.07) is 18.5. The number of benzene rings is 2. The highest BCUT2D eigenvalue weighted by Gasteiger charge is 2.07. The molecule has 2 aromatic heterocycles. The van der Waals surface area contributed by atoms with Crippen molar-refractivity contribution in [3.05, 3.63) is 90.5 Å². The molecular weight excluding hydrogens is 296 g/mol. The van der Waals surface area contributed by atoms with Gasteiger partial charge in [-0.3, -0.25) is 4.68 Å². The first-order valence-corrected chi connectivity index (χ1v) is 7.97. The summed E-state index contributed by atoms with van der Waals surface area (Å²) in [5.41, 5.74) is 5.76. The zero-order chi connectivity index (χ0) is 16.4. The van der Waals surface area contributed by atoms with Gasteiger partial charge in [-0.25, -0.2) is 4.68 Å². The van der Waals surface area contributed by atoms with E-state index in [1.54, 1.807) is 0 Å². The van der Waals surface area contributed by atoms with E-state index in [1.165, 1.54) is 11.1 Å². The summed E-state index contributed by atoms with van der Waals surface area (Å²) in [5.74, 6) is 0. The second-order valence-electron chi connectivity index (χ2n) is 5.86. The van der Waals surface area contributed by atoms with Gasteiger partial charge < -0.3 is 0 Å². The molecule has 0 radical (unpaired) electrons. The monoisotopic (exact) mass is 314 g/mol. The molecule has 0 saturated carbocycles. The van der Waals surface area contributed by atoms with Crippen LogP contribution in [0.1, 0.15) is 11.1 Å². The first kappa shape index (κ1) is 14.5. The molecule has 0 aliphatic heterocycles. The zero-order valence-corrected chi connectivity index (χ0v) is 13.5. The predicted molar refractivity (Wildman–Crippen MR) is 95.1 cm³/mol. The number of hydrogen-bond acceptors (Lipinski definition) is 2. The molecule has 0 fully saturated rings. The molecule has 0 aliphatic rings. The normalized spacial score (nSPS) is 10.9. The molecule has 118 valence electrons. The Labute approximate surface area is 141 Å². The Morgan fingerprint density at radius 2 is 1.50 bits per heavy atom.